The van der Waals surface area contributed by atoms with Crippen molar-refractivity contribution in [3.8, 4) is 11.5 Å². The second-order valence-electron chi connectivity index (χ2n) is 6.96. The van der Waals surface area contributed by atoms with E-state index in [4.69, 9.17) is 9.47 Å². The number of amides is 1. The number of hydrogen-bond donors (Lipinski definition) is 2. The van der Waals surface area contributed by atoms with Gasteiger partial charge in [0.25, 0.3) is 0 Å². The molecular formula is C23H25NO5. The van der Waals surface area contributed by atoms with Crippen molar-refractivity contribution >= 4 is 23.6 Å². The Morgan fingerprint density at radius 3 is 2.55 bits per heavy atom. The number of carbonyl (C=O) groups excluding carboxylic acids is 1. The number of anilines is 1. The van der Waals surface area contributed by atoms with Gasteiger partial charge in [0.15, 0.2) is 11.5 Å². The molecule has 0 bridgehead atoms. The van der Waals surface area contributed by atoms with Gasteiger partial charge in [0.1, 0.15) is 0 Å². The molecular weight excluding hydrogens is 370 g/mol. The van der Waals surface area contributed by atoms with Crippen LogP contribution in [0.25, 0.3) is 6.08 Å². The maximum Gasteiger partial charge on any atom is 0.337 e. The van der Waals surface area contributed by atoms with Crippen molar-refractivity contribution in [3.63, 3.8) is 0 Å². The number of ether oxygens (including phenoxy) is 2. The third kappa shape index (κ3) is 5.60. The Labute approximate surface area is 170 Å². The van der Waals surface area contributed by atoms with E-state index in [1.165, 1.54) is 31.4 Å². The first-order valence-corrected chi connectivity index (χ1v) is 9.73. The van der Waals surface area contributed by atoms with E-state index in [-0.39, 0.29) is 17.4 Å². The fourth-order valence-corrected chi connectivity index (χ4v) is 3.37. The average Bonchev–Trinajstić information content (AvgIpc) is 2.74. The Hall–Kier alpha value is -3.28. The van der Waals surface area contributed by atoms with Crippen LogP contribution < -0.4 is 14.8 Å². The molecule has 0 atom stereocenters. The number of carbonyl (C=O) groups is 2. The second-order valence-corrected chi connectivity index (χ2v) is 6.96. The molecule has 0 unspecified atom stereocenters. The molecule has 1 fully saturated rings. The van der Waals surface area contributed by atoms with Crippen molar-refractivity contribution in [3.05, 3.63) is 59.7 Å². The highest BCUT2D eigenvalue weighted by Gasteiger charge is 2.17. The van der Waals surface area contributed by atoms with Crippen LogP contribution in [0.15, 0.2) is 48.5 Å². The second kappa shape index (κ2) is 9.78. The summed E-state index contributed by atoms with van der Waals surface area (Å²) in [4.78, 5) is 23.4. The maximum atomic E-state index is 12.2. The van der Waals surface area contributed by atoms with Crippen LogP contribution >= 0.6 is 0 Å². The van der Waals surface area contributed by atoms with Crippen molar-refractivity contribution in [2.24, 2.45) is 0 Å². The van der Waals surface area contributed by atoms with E-state index in [2.05, 4.69) is 5.32 Å². The highest BCUT2D eigenvalue weighted by Crippen LogP contribution is 2.32. The predicted octanol–water partition coefficient (Wildman–Crippen LogP) is 4.76. The lowest BCUT2D eigenvalue weighted by atomic mass is 9.98. The van der Waals surface area contributed by atoms with E-state index in [9.17, 15) is 14.7 Å². The Morgan fingerprint density at radius 1 is 1.07 bits per heavy atom. The highest BCUT2D eigenvalue weighted by atomic mass is 16.5. The Morgan fingerprint density at radius 2 is 1.83 bits per heavy atom. The van der Waals surface area contributed by atoms with E-state index in [0.29, 0.717) is 11.5 Å². The molecule has 0 aliphatic heterocycles. The summed E-state index contributed by atoms with van der Waals surface area (Å²) in [6.07, 6.45) is 8.98. The molecule has 2 N–H and O–H groups in total. The number of methoxy groups -OCH3 is 1. The summed E-state index contributed by atoms with van der Waals surface area (Å²) in [6.45, 7) is 0. The molecule has 2 aromatic carbocycles. The maximum absolute atomic E-state index is 12.2. The highest BCUT2D eigenvalue weighted by molar-refractivity contribution is 6.06. The van der Waals surface area contributed by atoms with E-state index in [0.717, 1.165) is 18.4 Å². The minimum Gasteiger partial charge on any atom is -0.493 e. The van der Waals surface area contributed by atoms with Crippen LogP contribution in [-0.2, 0) is 4.79 Å². The average molecular weight is 395 g/mol. The molecule has 6 nitrogen and oxygen atoms in total. The lowest BCUT2D eigenvalue weighted by Crippen LogP contribution is -2.19. The Kier molecular flexibility index (Phi) is 6.89. The van der Waals surface area contributed by atoms with Gasteiger partial charge in [0.2, 0.25) is 5.91 Å². The SMILES string of the molecule is COc1cc(C=CC(=O)Nc2ccccc2C(=O)O)ccc1OC1CCCCC1. The molecule has 1 aliphatic carbocycles. The largest absolute Gasteiger partial charge is 0.493 e. The van der Waals surface area contributed by atoms with Gasteiger partial charge in [-0.05, 0) is 61.6 Å². The summed E-state index contributed by atoms with van der Waals surface area (Å²) < 4.78 is 11.5. The molecule has 152 valence electrons. The first-order chi connectivity index (χ1) is 14.1. The fourth-order valence-electron chi connectivity index (χ4n) is 3.37. The van der Waals surface area contributed by atoms with Gasteiger partial charge >= 0.3 is 5.97 Å². The summed E-state index contributed by atoms with van der Waals surface area (Å²) in [7, 11) is 1.59. The molecule has 1 aliphatic rings. The monoisotopic (exact) mass is 395 g/mol. The fraction of sp³-hybridized carbons (Fsp3) is 0.304. The summed E-state index contributed by atoms with van der Waals surface area (Å²) in [6, 6.07) is 11.8. The molecule has 0 radical (unpaired) electrons. The number of benzene rings is 2. The van der Waals surface area contributed by atoms with Crippen LogP contribution in [0.2, 0.25) is 0 Å². The summed E-state index contributed by atoms with van der Waals surface area (Å²) >= 11 is 0. The third-order valence-electron chi connectivity index (χ3n) is 4.88. The lowest BCUT2D eigenvalue weighted by molar-refractivity contribution is -0.111. The van der Waals surface area contributed by atoms with Crippen LogP contribution in [0, 0.1) is 0 Å². The summed E-state index contributed by atoms with van der Waals surface area (Å²) in [5, 5.41) is 11.8. The van der Waals surface area contributed by atoms with Crippen molar-refractivity contribution < 1.29 is 24.2 Å². The van der Waals surface area contributed by atoms with Crippen LogP contribution in [0.4, 0.5) is 5.69 Å². The van der Waals surface area contributed by atoms with E-state index in [1.54, 1.807) is 31.4 Å². The third-order valence-corrected chi connectivity index (χ3v) is 4.88. The summed E-state index contributed by atoms with van der Waals surface area (Å²) in [5.41, 5.74) is 1.07. The quantitative estimate of drug-likeness (QED) is 0.661. The normalized spacial score (nSPS) is 14.5. The Bertz CT molecular complexity index is 900. The molecule has 3 rings (SSSR count). The van der Waals surface area contributed by atoms with E-state index >= 15 is 0 Å². The van der Waals surface area contributed by atoms with Crippen LogP contribution in [-0.4, -0.2) is 30.2 Å². The van der Waals surface area contributed by atoms with Crippen LogP contribution in [0.3, 0.4) is 0 Å². The van der Waals surface area contributed by atoms with Crippen molar-refractivity contribution in [2.75, 3.05) is 12.4 Å². The molecule has 0 heterocycles. The number of carboxylic acid groups (broad SMARTS) is 1. The zero-order chi connectivity index (χ0) is 20.6. The smallest absolute Gasteiger partial charge is 0.337 e. The number of carboxylic acids is 1. The molecule has 2 aromatic rings. The first kappa shape index (κ1) is 20.5. The van der Waals surface area contributed by atoms with Gasteiger partial charge in [-0.2, -0.15) is 0 Å². The predicted molar refractivity (Wildman–Crippen MR) is 112 cm³/mol. The number of rotatable bonds is 7. The minimum atomic E-state index is -1.09. The van der Waals surface area contributed by atoms with Crippen molar-refractivity contribution in [2.45, 2.75) is 38.2 Å². The molecule has 6 heteroatoms. The molecule has 0 aromatic heterocycles. The van der Waals surface area contributed by atoms with Crippen LogP contribution in [0.1, 0.15) is 48.0 Å². The molecule has 0 saturated heterocycles. The zero-order valence-electron chi connectivity index (χ0n) is 16.4. The van der Waals surface area contributed by atoms with Gasteiger partial charge in [-0.15, -0.1) is 0 Å². The van der Waals surface area contributed by atoms with Gasteiger partial charge in [-0.3, -0.25) is 4.79 Å². The van der Waals surface area contributed by atoms with Gasteiger partial charge < -0.3 is 19.9 Å². The van der Waals surface area contributed by atoms with Crippen molar-refractivity contribution in [1.29, 1.82) is 0 Å². The number of hydrogen-bond acceptors (Lipinski definition) is 4. The molecule has 0 spiro atoms. The first-order valence-electron chi connectivity index (χ1n) is 9.73. The van der Waals surface area contributed by atoms with Gasteiger partial charge in [-0.1, -0.05) is 24.6 Å². The minimum absolute atomic E-state index is 0.0418. The van der Waals surface area contributed by atoms with E-state index < -0.39 is 11.9 Å². The number of aromatic carboxylic acids is 1. The van der Waals surface area contributed by atoms with Crippen LogP contribution in [0.5, 0.6) is 11.5 Å². The van der Waals surface area contributed by atoms with Crippen molar-refractivity contribution in [1.82, 2.24) is 0 Å². The number of para-hydroxylation sites is 1. The number of nitrogens with one attached hydrogen (secondary N) is 1. The van der Waals surface area contributed by atoms with E-state index in [1.807, 2.05) is 18.2 Å². The zero-order valence-corrected chi connectivity index (χ0v) is 16.4. The lowest BCUT2D eigenvalue weighted by Gasteiger charge is -2.24. The topological polar surface area (TPSA) is 84.9 Å². The molecule has 29 heavy (non-hydrogen) atoms. The molecule has 1 saturated carbocycles. The summed E-state index contributed by atoms with van der Waals surface area (Å²) in [5.74, 6) is -0.186. The standard InChI is InChI=1S/C23H25NO5/c1-28-21-15-16(11-13-20(21)29-17-7-3-2-4-8-17)12-14-22(25)24-19-10-6-5-9-18(19)23(26)27/h5-6,9-15,17H,2-4,7-8H2,1H3,(H,24,25)(H,26,27). The van der Waals surface area contributed by atoms with Gasteiger partial charge in [-0.25, -0.2) is 4.79 Å². The van der Waals surface area contributed by atoms with Gasteiger partial charge in [0.05, 0.1) is 24.5 Å². The van der Waals surface area contributed by atoms with Gasteiger partial charge in [0, 0.05) is 6.08 Å². The Balaban J connectivity index is 1.67. The molecule has 1 amide bonds.